The largest absolute Gasteiger partial charge is 0.359 e. The Morgan fingerprint density at radius 1 is 0.925 bits per heavy atom. The number of aryl methyl sites for hydroxylation is 1. The number of fused-ring (bicyclic) bond motifs is 1. The van der Waals surface area contributed by atoms with Gasteiger partial charge in [0.05, 0.1) is 23.6 Å². The molecule has 0 spiro atoms. The molecule has 2 aromatic heterocycles. The number of nitrogens with one attached hydrogen (secondary N) is 3. The molecule has 0 fully saturated rings. The van der Waals surface area contributed by atoms with Gasteiger partial charge in [0, 0.05) is 24.7 Å². The SMILES string of the molecule is CNC(=O)CCCCCC(NC(=O)c1cc(C)n(-c2ccccc2)n1)c1ncc(-c2ccc3ccccc3c2)[nH]1. The topological polar surface area (TPSA) is 105 Å². The Balaban J connectivity index is 1.34. The molecule has 0 bridgehead atoms. The maximum Gasteiger partial charge on any atom is 0.272 e. The van der Waals surface area contributed by atoms with Gasteiger partial charge in [-0.15, -0.1) is 0 Å². The van der Waals surface area contributed by atoms with E-state index in [0.717, 1.165) is 47.3 Å². The Morgan fingerprint density at radius 2 is 1.70 bits per heavy atom. The quantitative estimate of drug-likeness (QED) is 0.184. The summed E-state index contributed by atoms with van der Waals surface area (Å²) in [7, 11) is 1.65. The van der Waals surface area contributed by atoms with Gasteiger partial charge in [0.2, 0.25) is 5.91 Å². The normalized spacial score (nSPS) is 11.8. The molecule has 40 heavy (non-hydrogen) atoms. The average molecular weight is 535 g/mol. The van der Waals surface area contributed by atoms with Gasteiger partial charge in [0.1, 0.15) is 5.82 Å². The first-order valence-electron chi connectivity index (χ1n) is 13.7. The zero-order chi connectivity index (χ0) is 27.9. The number of rotatable bonds is 11. The van der Waals surface area contributed by atoms with Gasteiger partial charge >= 0.3 is 0 Å². The van der Waals surface area contributed by atoms with Gasteiger partial charge in [0.25, 0.3) is 5.91 Å². The molecule has 0 saturated carbocycles. The van der Waals surface area contributed by atoms with Gasteiger partial charge in [-0.1, -0.05) is 67.4 Å². The van der Waals surface area contributed by atoms with Crippen molar-refractivity contribution < 1.29 is 9.59 Å². The zero-order valence-electron chi connectivity index (χ0n) is 22.9. The fraction of sp³-hybridized carbons (Fsp3) is 0.250. The highest BCUT2D eigenvalue weighted by molar-refractivity contribution is 5.92. The summed E-state index contributed by atoms with van der Waals surface area (Å²) >= 11 is 0. The smallest absolute Gasteiger partial charge is 0.272 e. The van der Waals surface area contributed by atoms with Gasteiger partial charge in [-0.25, -0.2) is 9.67 Å². The summed E-state index contributed by atoms with van der Waals surface area (Å²) in [6.07, 6.45) is 5.50. The van der Waals surface area contributed by atoms with Crippen LogP contribution in [0.2, 0.25) is 0 Å². The molecule has 8 nitrogen and oxygen atoms in total. The van der Waals surface area contributed by atoms with Crippen LogP contribution in [0.4, 0.5) is 0 Å². The molecule has 1 atom stereocenters. The van der Waals surface area contributed by atoms with Crippen molar-refractivity contribution in [3.8, 4) is 16.9 Å². The minimum Gasteiger partial charge on any atom is -0.359 e. The predicted molar refractivity (Wildman–Crippen MR) is 157 cm³/mol. The van der Waals surface area contributed by atoms with Crippen LogP contribution < -0.4 is 10.6 Å². The molecular weight excluding hydrogens is 500 g/mol. The second-order valence-corrected chi connectivity index (χ2v) is 9.96. The molecule has 3 N–H and O–H groups in total. The molecule has 2 amide bonds. The molecule has 5 rings (SSSR count). The number of benzene rings is 3. The molecule has 1 unspecified atom stereocenters. The number of amides is 2. The third-order valence-electron chi connectivity index (χ3n) is 7.09. The monoisotopic (exact) mass is 534 g/mol. The summed E-state index contributed by atoms with van der Waals surface area (Å²) in [5.41, 5.74) is 4.05. The van der Waals surface area contributed by atoms with Crippen LogP contribution in [-0.4, -0.2) is 38.6 Å². The molecule has 0 aliphatic heterocycles. The van der Waals surface area contributed by atoms with E-state index in [0.29, 0.717) is 24.4 Å². The number of aromatic nitrogens is 4. The van der Waals surface area contributed by atoms with E-state index in [1.165, 1.54) is 5.39 Å². The number of hydrogen-bond acceptors (Lipinski definition) is 4. The van der Waals surface area contributed by atoms with Crippen LogP contribution in [0.3, 0.4) is 0 Å². The van der Waals surface area contributed by atoms with Crippen molar-refractivity contribution in [2.75, 3.05) is 7.05 Å². The summed E-state index contributed by atoms with van der Waals surface area (Å²) < 4.78 is 1.77. The van der Waals surface area contributed by atoms with E-state index in [1.54, 1.807) is 17.8 Å². The minimum absolute atomic E-state index is 0.0419. The first-order chi connectivity index (χ1) is 19.5. The fourth-order valence-corrected chi connectivity index (χ4v) is 4.88. The van der Waals surface area contributed by atoms with Crippen LogP contribution >= 0.6 is 0 Å². The Kier molecular flexibility index (Phi) is 8.35. The second-order valence-electron chi connectivity index (χ2n) is 9.96. The van der Waals surface area contributed by atoms with Gasteiger partial charge in [-0.2, -0.15) is 5.10 Å². The van der Waals surface area contributed by atoms with Crippen LogP contribution in [0.5, 0.6) is 0 Å². The number of carbonyl (C=O) groups is 2. The molecule has 2 heterocycles. The van der Waals surface area contributed by atoms with Gasteiger partial charge in [-0.05, 0) is 54.8 Å². The maximum atomic E-state index is 13.4. The number of para-hydroxylation sites is 1. The van der Waals surface area contributed by atoms with E-state index in [2.05, 4.69) is 56.0 Å². The lowest BCUT2D eigenvalue weighted by Gasteiger charge is -2.16. The minimum atomic E-state index is -0.330. The average Bonchev–Trinajstić information content (AvgIpc) is 3.64. The van der Waals surface area contributed by atoms with Crippen molar-refractivity contribution in [1.29, 1.82) is 0 Å². The van der Waals surface area contributed by atoms with Gasteiger partial charge in [0.15, 0.2) is 5.69 Å². The highest BCUT2D eigenvalue weighted by atomic mass is 16.2. The van der Waals surface area contributed by atoms with Gasteiger partial charge < -0.3 is 15.6 Å². The number of unbranched alkanes of at least 4 members (excludes halogenated alkanes) is 2. The Morgan fingerprint density at radius 3 is 2.50 bits per heavy atom. The third kappa shape index (κ3) is 6.29. The molecular formula is C32H34N6O2. The highest BCUT2D eigenvalue weighted by Crippen LogP contribution is 2.26. The predicted octanol–water partition coefficient (Wildman–Crippen LogP) is 5.89. The first-order valence-corrected chi connectivity index (χ1v) is 13.7. The Bertz CT molecular complexity index is 1600. The second kappa shape index (κ2) is 12.4. The van der Waals surface area contributed by atoms with Crippen LogP contribution in [-0.2, 0) is 4.79 Å². The summed E-state index contributed by atoms with van der Waals surface area (Å²) in [5, 5.41) is 12.7. The number of carbonyl (C=O) groups excluding carboxylic acids is 2. The van der Waals surface area contributed by atoms with E-state index in [1.807, 2.05) is 55.6 Å². The number of H-pyrrole nitrogens is 1. The standard InChI is InChI=1S/C32H34N6O2/c1-22-19-28(37-38(22)26-13-5-3-6-14-26)32(40)36-27(15-7-4-8-16-30(39)33-2)31-34-21-29(35-31)25-18-17-23-11-9-10-12-24(23)20-25/h3,5-6,9-14,17-21,27H,4,7-8,15-16H2,1-2H3,(H,33,39)(H,34,35)(H,36,40). The van der Waals surface area contributed by atoms with Gasteiger partial charge in [-0.3, -0.25) is 9.59 Å². The lowest BCUT2D eigenvalue weighted by Crippen LogP contribution is -2.29. The van der Waals surface area contributed by atoms with Crippen LogP contribution in [0.1, 0.15) is 60.2 Å². The molecule has 0 radical (unpaired) electrons. The number of aromatic amines is 1. The lowest BCUT2D eigenvalue weighted by molar-refractivity contribution is -0.120. The maximum absolute atomic E-state index is 13.4. The van der Waals surface area contributed by atoms with Crippen molar-refractivity contribution in [1.82, 2.24) is 30.4 Å². The lowest BCUT2D eigenvalue weighted by atomic mass is 10.1. The fourth-order valence-electron chi connectivity index (χ4n) is 4.88. The van der Waals surface area contributed by atoms with Crippen molar-refractivity contribution in [2.45, 2.75) is 45.1 Å². The summed E-state index contributed by atoms with van der Waals surface area (Å²) in [6, 6.07) is 25.8. The molecule has 3 aromatic carbocycles. The molecule has 8 heteroatoms. The summed E-state index contributed by atoms with van der Waals surface area (Å²) in [4.78, 5) is 33.1. The third-order valence-corrected chi connectivity index (χ3v) is 7.09. The number of nitrogens with zero attached hydrogens (tertiary/aromatic N) is 3. The van der Waals surface area contributed by atoms with E-state index in [9.17, 15) is 9.59 Å². The first kappa shape index (κ1) is 26.9. The van der Waals surface area contributed by atoms with Crippen LogP contribution in [0.15, 0.2) is 85.1 Å². The summed E-state index contributed by atoms with van der Waals surface area (Å²) in [6.45, 7) is 1.93. The zero-order valence-corrected chi connectivity index (χ0v) is 22.9. The Labute approximate surface area is 233 Å². The summed E-state index contributed by atoms with van der Waals surface area (Å²) in [5.74, 6) is 0.485. The molecule has 0 saturated heterocycles. The van der Waals surface area contributed by atoms with Crippen LogP contribution in [0, 0.1) is 6.92 Å². The van der Waals surface area contributed by atoms with E-state index in [-0.39, 0.29) is 17.9 Å². The molecule has 0 aliphatic rings. The number of imidazole rings is 1. The van der Waals surface area contributed by atoms with Crippen molar-refractivity contribution in [3.05, 3.63) is 102 Å². The van der Waals surface area contributed by atoms with Crippen molar-refractivity contribution >= 4 is 22.6 Å². The Hall–Kier alpha value is -4.72. The van der Waals surface area contributed by atoms with Crippen LogP contribution in [0.25, 0.3) is 27.7 Å². The van der Waals surface area contributed by atoms with E-state index in [4.69, 9.17) is 0 Å². The van der Waals surface area contributed by atoms with Crippen molar-refractivity contribution in [2.24, 2.45) is 0 Å². The van der Waals surface area contributed by atoms with E-state index >= 15 is 0 Å². The molecule has 5 aromatic rings. The molecule has 204 valence electrons. The highest BCUT2D eigenvalue weighted by Gasteiger charge is 2.21. The van der Waals surface area contributed by atoms with Crippen molar-refractivity contribution in [3.63, 3.8) is 0 Å². The number of hydrogen-bond donors (Lipinski definition) is 3. The van der Waals surface area contributed by atoms with E-state index < -0.39 is 0 Å². The molecule has 0 aliphatic carbocycles.